The number of methoxy groups -OCH3 is 1. The Balaban J connectivity index is 2.36. The van der Waals surface area contributed by atoms with Gasteiger partial charge in [-0.15, -0.1) is 0 Å². The molecule has 0 radical (unpaired) electrons. The lowest BCUT2D eigenvalue weighted by Gasteiger charge is -2.33. The molecule has 1 saturated heterocycles. The molecule has 114 valence electrons. The molecular formula is C14H14BrF2NO3. The van der Waals surface area contributed by atoms with Gasteiger partial charge in [0.2, 0.25) is 0 Å². The van der Waals surface area contributed by atoms with E-state index in [0.717, 1.165) is 18.6 Å². The lowest BCUT2D eigenvalue weighted by Crippen LogP contribution is -2.48. The highest BCUT2D eigenvalue weighted by Gasteiger charge is 2.35. The molecule has 1 aliphatic heterocycles. The van der Waals surface area contributed by atoms with E-state index in [0.29, 0.717) is 12.8 Å². The average molecular weight is 362 g/mol. The molecule has 1 amide bonds. The Kier molecular flexibility index (Phi) is 4.92. The zero-order chi connectivity index (χ0) is 15.6. The molecule has 4 nitrogen and oxygen atoms in total. The molecule has 0 spiro atoms. The van der Waals surface area contributed by atoms with Gasteiger partial charge in [-0.05, 0) is 31.4 Å². The fraction of sp³-hybridized carbons (Fsp3) is 0.429. The van der Waals surface area contributed by atoms with Crippen molar-refractivity contribution in [3.63, 3.8) is 0 Å². The standard InChI is InChI=1S/C14H14BrF2NO3/c1-21-14(20)11-4-2-3-5-18(11)13(19)12-9(16)6-8(15)7-10(12)17/h6-7,11H,2-5H2,1H3/t11-/m1/s1. The van der Waals surface area contributed by atoms with E-state index in [2.05, 4.69) is 20.7 Å². The quantitative estimate of drug-likeness (QED) is 0.761. The summed E-state index contributed by atoms with van der Waals surface area (Å²) >= 11 is 2.96. The van der Waals surface area contributed by atoms with Gasteiger partial charge in [-0.3, -0.25) is 4.79 Å². The molecule has 0 saturated carbocycles. The van der Waals surface area contributed by atoms with Crippen molar-refractivity contribution in [3.05, 3.63) is 33.8 Å². The van der Waals surface area contributed by atoms with Crippen molar-refractivity contribution in [2.75, 3.05) is 13.7 Å². The first kappa shape index (κ1) is 15.9. The largest absolute Gasteiger partial charge is 0.467 e. The Morgan fingerprint density at radius 2 is 1.90 bits per heavy atom. The Bertz CT molecular complexity index is 556. The molecule has 0 aromatic heterocycles. The Hall–Kier alpha value is -1.50. The summed E-state index contributed by atoms with van der Waals surface area (Å²) in [6.07, 6.45) is 1.87. The first-order valence-electron chi connectivity index (χ1n) is 6.49. The van der Waals surface area contributed by atoms with Crippen molar-refractivity contribution in [2.24, 2.45) is 0 Å². The smallest absolute Gasteiger partial charge is 0.328 e. The van der Waals surface area contributed by atoms with E-state index in [9.17, 15) is 18.4 Å². The van der Waals surface area contributed by atoms with Gasteiger partial charge in [0.25, 0.3) is 5.91 Å². The second-order valence-electron chi connectivity index (χ2n) is 4.78. The highest BCUT2D eigenvalue weighted by Crippen LogP contribution is 2.25. The summed E-state index contributed by atoms with van der Waals surface area (Å²) in [6.45, 7) is 0.271. The molecule has 1 aliphatic rings. The van der Waals surface area contributed by atoms with Gasteiger partial charge >= 0.3 is 5.97 Å². The van der Waals surface area contributed by atoms with E-state index >= 15 is 0 Å². The molecule has 0 bridgehead atoms. The van der Waals surface area contributed by atoms with Gasteiger partial charge in [0, 0.05) is 11.0 Å². The maximum absolute atomic E-state index is 13.9. The second kappa shape index (κ2) is 6.51. The number of esters is 1. The number of likely N-dealkylation sites (tertiary alicyclic amines) is 1. The molecule has 0 unspecified atom stereocenters. The molecule has 1 aromatic carbocycles. The van der Waals surface area contributed by atoms with Gasteiger partial charge in [0.15, 0.2) is 0 Å². The molecule has 1 heterocycles. The van der Waals surface area contributed by atoms with Crippen LogP contribution in [0.25, 0.3) is 0 Å². The summed E-state index contributed by atoms with van der Waals surface area (Å²) < 4.78 is 32.6. The van der Waals surface area contributed by atoms with Gasteiger partial charge in [0.05, 0.1) is 7.11 Å². The van der Waals surface area contributed by atoms with E-state index in [1.807, 2.05) is 0 Å². The summed E-state index contributed by atoms with van der Waals surface area (Å²) in [4.78, 5) is 25.3. The summed E-state index contributed by atoms with van der Waals surface area (Å²) in [7, 11) is 1.22. The Morgan fingerprint density at radius 3 is 2.48 bits per heavy atom. The minimum atomic E-state index is -0.957. The van der Waals surface area contributed by atoms with Crippen LogP contribution in [-0.4, -0.2) is 36.5 Å². The van der Waals surface area contributed by atoms with Crippen molar-refractivity contribution in [1.29, 1.82) is 0 Å². The average Bonchev–Trinajstić information content (AvgIpc) is 2.45. The van der Waals surface area contributed by atoms with Crippen molar-refractivity contribution in [2.45, 2.75) is 25.3 Å². The monoisotopic (exact) mass is 361 g/mol. The van der Waals surface area contributed by atoms with Gasteiger partial charge in [-0.25, -0.2) is 13.6 Å². The molecular weight excluding hydrogens is 348 g/mol. The van der Waals surface area contributed by atoms with Crippen LogP contribution < -0.4 is 0 Å². The Morgan fingerprint density at radius 1 is 1.29 bits per heavy atom. The van der Waals surface area contributed by atoms with Crippen LogP contribution in [0.4, 0.5) is 8.78 Å². The third-order valence-electron chi connectivity index (χ3n) is 3.46. The summed E-state index contributed by atoms with van der Waals surface area (Å²) in [5.74, 6) is -3.31. The number of hydrogen-bond acceptors (Lipinski definition) is 3. The number of ether oxygens (including phenoxy) is 1. The molecule has 21 heavy (non-hydrogen) atoms. The van der Waals surface area contributed by atoms with E-state index < -0.39 is 35.1 Å². The van der Waals surface area contributed by atoms with E-state index in [1.165, 1.54) is 12.0 Å². The SMILES string of the molecule is COC(=O)[C@H]1CCCCN1C(=O)c1c(F)cc(Br)cc1F. The minimum Gasteiger partial charge on any atom is -0.467 e. The van der Waals surface area contributed by atoms with Gasteiger partial charge < -0.3 is 9.64 Å². The van der Waals surface area contributed by atoms with Crippen molar-refractivity contribution in [1.82, 2.24) is 4.90 Å². The van der Waals surface area contributed by atoms with Gasteiger partial charge in [-0.2, -0.15) is 0 Å². The number of nitrogens with zero attached hydrogens (tertiary/aromatic N) is 1. The second-order valence-corrected chi connectivity index (χ2v) is 5.69. The van der Waals surface area contributed by atoms with E-state index in [1.54, 1.807) is 0 Å². The number of carbonyl (C=O) groups is 2. The molecule has 2 rings (SSSR count). The molecule has 7 heteroatoms. The number of carbonyl (C=O) groups excluding carboxylic acids is 2. The van der Waals surface area contributed by atoms with Crippen LogP contribution in [-0.2, 0) is 9.53 Å². The molecule has 0 aliphatic carbocycles. The molecule has 1 fully saturated rings. The molecule has 1 atom stereocenters. The van der Waals surface area contributed by atoms with Crippen LogP contribution in [0.2, 0.25) is 0 Å². The highest BCUT2D eigenvalue weighted by molar-refractivity contribution is 9.10. The van der Waals surface area contributed by atoms with Crippen molar-refractivity contribution < 1.29 is 23.1 Å². The van der Waals surface area contributed by atoms with Crippen LogP contribution in [0.1, 0.15) is 29.6 Å². The van der Waals surface area contributed by atoms with Gasteiger partial charge in [-0.1, -0.05) is 15.9 Å². The molecule has 1 aromatic rings. The number of halogens is 3. The van der Waals surface area contributed by atoms with E-state index in [4.69, 9.17) is 0 Å². The van der Waals surface area contributed by atoms with Crippen molar-refractivity contribution in [3.8, 4) is 0 Å². The zero-order valence-electron chi connectivity index (χ0n) is 11.4. The summed E-state index contributed by atoms with van der Waals surface area (Å²) in [6, 6.07) is 1.25. The fourth-order valence-corrected chi connectivity index (χ4v) is 2.85. The first-order chi connectivity index (χ1) is 9.95. The summed E-state index contributed by atoms with van der Waals surface area (Å²) in [5, 5.41) is 0. The predicted octanol–water partition coefficient (Wildman–Crippen LogP) is 2.90. The van der Waals surface area contributed by atoms with Crippen LogP contribution in [0.3, 0.4) is 0 Å². The van der Waals surface area contributed by atoms with Crippen LogP contribution in [0, 0.1) is 11.6 Å². The van der Waals surface area contributed by atoms with Crippen LogP contribution >= 0.6 is 15.9 Å². The first-order valence-corrected chi connectivity index (χ1v) is 7.28. The van der Waals surface area contributed by atoms with E-state index in [-0.39, 0.29) is 11.0 Å². The lowest BCUT2D eigenvalue weighted by atomic mass is 10.0. The number of amides is 1. The maximum Gasteiger partial charge on any atom is 0.328 e. The fourth-order valence-electron chi connectivity index (χ4n) is 2.45. The summed E-state index contributed by atoms with van der Waals surface area (Å²) in [5.41, 5.74) is -0.644. The number of benzene rings is 1. The van der Waals surface area contributed by atoms with Gasteiger partial charge in [0.1, 0.15) is 23.2 Å². The predicted molar refractivity (Wildman–Crippen MR) is 74.7 cm³/mol. The normalized spacial score (nSPS) is 18.5. The Labute approximate surface area is 129 Å². The third kappa shape index (κ3) is 3.23. The van der Waals surface area contributed by atoms with Crippen molar-refractivity contribution >= 4 is 27.8 Å². The van der Waals surface area contributed by atoms with Crippen LogP contribution in [0.5, 0.6) is 0 Å². The number of hydrogen-bond donors (Lipinski definition) is 0. The number of rotatable bonds is 2. The third-order valence-corrected chi connectivity index (χ3v) is 3.92. The minimum absolute atomic E-state index is 0.206. The zero-order valence-corrected chi connectivity index (χ0v) is 13.0. The highest BCUT2D eigenvalue weighted by atomic mass is 79.9. The topological polar surface area (TPSA) is 46.6 Å². The molecule has 0 N–H and O–H groups in total. The number of piperidine rings is 1. The van der Waals surface area contributed by atoms with Crippen LogP contribution in [0.15, 0.2) is 16.6 Å². The maximum atomic E-state index is 13.9. The lowest BCUT2D eigenvalue weighted by molar-refractivity contribution is -0.147.